The van der Waals surface area contributed by atoms with E-state index < -0.39 is 5.97 Å². The molecule has 0 aliphatic heterocycles. The van der Waals surface area contributed by atoms with Gasteiger partial charge < -0.3 is 9.52 Å². The van der Waals surface area contributed by atoms with Crippen LogP contribution in [-0.2, 0) is 0 Å². The summed E-state index contributed by atoms with van der Waals surface area (Å²) in [7, 11) is 0. The van der Waals surface area contributed by atoms with E-state index in [1.807, 2.05) is 0 Å². The minimum atomic E-state index is -1.15. The average molecular weight is 238 g/mol. The van der Waals surface area contributed by atoms with Crippen molar-refractivity contribution < 1.29 is 19.1 Å². The molecule has 0 radical (unpaired) electrons. The highest BCUT2D eigenvalue weighted by Gasteiger charge is 2.14. The van der Waals surface area contributed by atoms with E-state index in [1.54, 1.807) is 0 Å². The van der Waals surface area contributed by atoms with E-state index in [1.165, 1.54) is 25.0 Å². The van der Waals surface area contributed by atoms with Crippen LogP contribution in [0.25, 0.3) is 0 Å². The number of rotatable bonds is 8. The Morgan fingerprint density at radius 3 is 2.35 bits per heavy atom. The molecular weight excluding hydrogens is 220 g/mol. The lowest BCUT2D eigenvalue weighted by molar-refractivity contribution is 0.0660. The summed E-state index contributed by atoms with van der Waals surface area (Å²) in [5, 5.41) is 8.65. The SMILES string of the molecule is CCCCCCCC(=O)c1ccc(C(=O)O)o1. The van der Waals surface area contributed by atoms with Crippen LogP contribution in [0.5, 0.6) is 0 Å². The summed E-state index contributed by atoms with van der Waals surface area (Å²) in [5.41, 5.74) is 0. The van der Waals surface area contributed by atoms with Crippen molar-refractivity contribution in [1.82, 2.24) is 0 Å². The van der Waals surface area contributed by atoms with Gasteiger partial charge in [0.2, 0.25) is 5.76 Å². The zero-order chi connectivity index (χ0) is 12.7. The van der Waals surface area contributed by atoms with E-state index in [-0.39, 0.29) is 17.3 Å². The highest BCUT2D eigenvalue weighted by Crippen LogP contribution is 2.13. The molecule has 1 heterocycles. The Bertz CT molecular complexity index is 379. The van der Waals surface area contributed by atoms with Crippen LogP contribution >= 0.6 is 0 Å². The van der Waals surface area contributed by atoms with Crippen molar-refractivity contribution in [3.05, 3.63) is 23.7 Å². The van der Waals surface area contributed by atoms with Crippen LogP contribution in [0.1, 0.15) is 66.6 Å². The first-order chi connectivity index (χ1) is 8.15. The van der Waals surface area contributed by atoms with Crippen molar-refractivity contribution in [3.8, 4) is 0 Å². The number of furan rings is 1. The summed E-state index contributed by atoms with van der Waals surface area (Å²) in [6.07, 6.45) is 5.80. The quantitative estimate of drug-likeness (QED) is 0.555. The summed E-state index contributed by atoms with van der Waals surface area (Å²) in [5.74, 6) is -1.29. The molecule has 0 bridgehead atoms. The number of ketones is 1. The van der Waals surface area contributed by atoms with Crippen molar-refractivity contribution in [2.45, 2.75) is 45.4 Å². The Balaban J connectivity index is 2.34. The smallest absolute Gasteiger partial charge is 0.371 e. The number of hydrogen-bond donors (Lipinski definition) is 1. The molecular formula is C13H18O4. The third-order valence-corrected chi connectivity index (χ3v) is 2.60. The predicted molar refractivity (Wildman–Crippen MR) is 63.4 cm³/mol. The molecule has 1 rings (SSSR count). The standard InChI is InChI=1S/C13H18O4/c1-2-3-4-5-6-7-10(14)11-8-9-12(17-11)13(15)16/h8-9H,2-7H2,1H3,(H,15,16). The molecule has 0 aliphatic carbocycles. The summed E-state index contributed by atoms with van der Waals surface area (Å²) < 4.78 is 4.94. The molecule has 17 heavy (non-hydrogen) atoms. The molecule has 1 aromatic heterocycles. The number of Topliss-reactive ketones (excluding diaryl/α,β-unsaturated/α-hetero) is 1. The summed E-state index contributed by atoms with van der Waals surface area (Å²) in [4.78, 5) is 22.2. The largest absolute Gasteiger partial charge is 0.475 e. The van der Waals surface area contributed by atoms with E-state index in [0.717, 1.165) is 19.3 Å². The predicted octanol–water partition coefficient (Wildman–Crippen LogP) is 3.52. The molecule has 0 saturated carbocycles. The average Bonchev–Trinajstić information content (AvgIpc) is 2.78. The molecule has 0 aromatic carbocycles. The van der Waals surface area contributed by atoms with Crippen molar-refractivity contribution >= 4 is 11.8 Å². The second-order valence-corrected chi connectivity index (χ2v) is 4.06. The second kappa shape index (κ2) is 6.89. The van der Waals surface area contributed by atoms with E-state index in [9.17, 15) is 9.59 Å². The Kier molecular flexibility index (Phi) is 5.46. The lowest BCUT2D eigenvalue weighted by atomic mass is 10.1. The van der Waals surface area contributed by atoms with Crippen LogP contribution in [-0.4, -0.2) is 16.9 Å². The first-order valence-corrected chi connectivity index (χ1v) is 6.01. The summed E-state index contributed by atoms with van der Waals surface area (Å²) in [6, 6.07) is 2.74. The monoisotopic (exact) mass is 238 g/mol. The Morgan fingerprint density at radius 1 is 1.12 bits per heavy atom. The molecule has 0 aliphatic rings. The van der Waals surface area contributed by atoms with Gasteiger partial charge in [-0.2, -0.15) is 0 Å². The lowest BCUT2D eigenvalue weighted by Gasteiger charge is -1.98. The zero-order valence-corrected chi connectivity index (χ0v) is 10.1. The van der Waals surface area contributed by atoms with Gasteiger partial charge in [0.1, 0.15) is 0 Å². The Morgan fingerprint density at radius 2 is 1.76 bits per heavy atom. The number of aromatic carboxylic acids is 1. The number of carboxylic acid groups (broad SMARTS) is 1. The van der Waals surface area contributed by atoms with Gasteiger partial charge in [0.05, 0.1) is 0 Å². The first kappa shape index (κ1) is 13.5. The molecule has 4 heteroatoms. The minimum Gasteiger partial charge on any atom is -0.475 e. The highest BCUT2D eigenvalue weighted by atomic mass is 16.4. The number of carboxylic acids is 1. The molecule has 0 fully saturated rings. The van der Waals surface area contributed by atoms with Gasteiger partial charge in [0, 0.05) is 6.42 Å². The van der Waals surface area contributed by atoms with Crippen molar-refractivity contribution in [3.63, 3.8) is 0 Å². The fourth-order valence-electron chi connectivity index (χ4n) is 1.61. The van der Waals surface area contributed by atoms with E-state index in [0.29, 0.717) is 6.42 Å². The zero-order valence-electron chi connectivity index (χ0n) is 10.1. The molecule has 0 saturated heterocycles. The van der Waals surface area contributed by atoms with E-state index in [2.05, 4.69) is 6.92 Å². The van der Waals surface area contributed by atoms with Gasteiger partial charge in [-0.1, -0.05) is 32.6 Å². The van der Waals surface area contributed by atoms with Gasteiger partial charge in [0.25, 0.3) is 0 Å². The maximum absolute atomic E-state index is 11.6. The summed E-state index contributed by atoms with van der Waals surface area (Å²) >= 11 is 0. The second-order valence-electron chi connectivity index (χ2n) is 4.06. The lowest BCUT2D eigenvalue weighted by Crippen LogP contribution is -1.98. The molecule has 94 valence electrons. The van der Waals surface area contributed by atoms with Crippen molar-refractivity contribution in [2.24, 2.45) is 0 Å². The van der Waals surface area contributed by atoms with Crippen LogP contribution in [0.3, 0.4) is 0 Å². The van der Waals surface area contributed by atoms with Crippen molar-refractivity contribution in [2.75, 3.05) is 0 Å². The third-order valence-electron chi connectivity index (χ3n) is 2.60. The van der Waals surface area contributed by atoms with Gasteiger partial charge in [-0.05, 0) is 18.6 Å². The van der Waals surface area contributed by atoms with Gasteiger partial charge in [0.15, 0.2) is 11.5 Å². The summed E-state index contributed by atoms with van der Waals surface area (Å²) in [6.45, 7) is 2.14. The maximum atomic E-state index is 11.6. The van der Waals surface area contributed by atoms with Gasteiger partial charge in [-0.15, -0.1) is 0 Å². The van der Waals surface area contributed by atoms with Crippen LogP contribution in [0.15, 0.2) is 16.5 Å². The Labute approximate surface area is 101 Å². The van der Waals surface area contributed by atoms with E-state index >= 15 is 0 Å². The fraction of sp³-hybridized carbons (Fsp3) is 0.538. The van der Waals surface area contributed by atoms with Gasteiger partial charge >= 0.3 is 5.97 Å². The van der Waals surface area contributed by atoms with Crippen LogP contribution in [0.4, 0.5) is 0 Å². The molecule has 0 unspecified atom stereocenters. The maximum Gasteiger partial charge on any atom is 0.371 e. The fourth-order valence-corrected chi connectivity index (χ4v) is 1.61. The minimum absolute atomic E-state index is 0.117. The molecule has 1 aromatic rings. The number of unbranched alkanes of at least 4 members (excludes halogenated alkanes) is 4. The van der Waals surface area contributed by atoms with E-state index in [4.69, 9.17) is 9.52 Å². The molecule has 0 spiro atoms. The molecule has 4 nitrogen and oxygen atoms in total. The number of carbonyl (C=O) groups excluding carboxylic acids is 1. The van der Waals surface area contributed by atoms with Gasteiger partial charge in [-0.3, -0.25) is 4.79 Å². The highest BCUT2D eigenvalue weighted by molar-refractivity contribution is 5.95. The third kappa shape index (κ3) is 4.43. The topological polar surface area (TPSA) is 67.5 Å². The normalized spacial score (nSPS) is 10.4. The Hall–Kier alpha value is -1.58. The number of carbonyl (C=O) groups is 2. The van der Waals surface area contributed by atoms with Crippen molar-refractivity contribution in [1.29, 1.82) is 0 Å². The molecule has 0 amide bonds. The van der Waals surface area contributed by atoms with Gasteiger partial charge in [-0.25, -0.2) is 4.79 Å². The first-order valence-electron chi connectivity index (χ1n) is 6.01. The molecule has 1 N–H and O–H groups in total. The van der Waals surface area contributed by atoms with Crippen LogP contribution in [0.2, 0.25) is 0 Å². The number of hydrogen-bond acceptors (Lipinski definition) is 3. The van der Waals surface area contributed by atoms with Crippen LogP contribution in [0, 0.1) is 0 Å². The van der Waals surface area contributed by atoms with Crippen LogP contribution < -0.4 is 0 Å². The molecule has 0 atom stereocenters.